The van der Waals surface area contributed by atoms with Crippen LogP contribution in [0, 0.1) is 19.8 Å². The highest BCUT2D eigenvalue weighted by Gasteiger charge is 2.33. The van der Waals surface area contributed by atoms with E-state index in [9.17, 15) is 15.3 Å². The summed E-state index contributed by atoms with van der Waals surface area (Å²) in [6.07, 6.45) is 1.91. The van der Waals surface area contributed by atoms with Crippen molar-refractivity contribution in [2.45, 2.75) is 46.1 Å². The van der Waals surface area contributed by atoms with Crippen molar-refractivity contribution in [1.29, 1.82) is 0 Å². The molecule has 0 spiro atoms. The van der Waals surface area contributed by atoms with Crippen molar-refractivity contribution in [3.8, 4) is 22.6 Å². The Hall–Kier alpha value is -2.53. The average Bonchev–Trinajstić information content (AvgIpc) is 2.88. The highest BCUT2D eigenvalue weighted by atomic mass is 16.5. The number of allylic oxidation sites excluding steroid dienone is 2. The molecule has 0 aliphatic heterocycles. The number of aliphatic hydroxyl groups excluding tert-OH is 1. The Bertz CT molecular complexity index is 851. The maximum Gasteiger partial charge on any atom is 0.141 e. The fourth-order valence-electron chi connectivity index (χ4n) is 3.88. The van der Waals surface area contributed by atoms with Crippen LogP contribution in [0.5, 0.6) is 11.5 Å². The predicted octanol–water partition coefficient (Wildman–Crippen LogP) is 4.36. The molecule has 3 N–H and O–H groups in total. The van der Waals surface area contributed by atoms with E-state index in [1.807, 2.05) is 26.8 Å². The summed E-state index contributed by atoms with van der Waals surface area (Å²) >= 11 is 0. The maximum atomic E-state index is 10.7. The van der Waals surface area contributed by atoms with Crippen molar-refractivity contribution in [2.75, 3.05) is 0 Å². The first-order valence-corrected chi connectivity index (χ1v) is 8.71. The quantitative estimate of drug-likeness (QED) is 0.712. The third kappa shape index (κ3) is 3.03. The Balaban J connectivity index is 2.13. The summed E-state index contributed by atoms with van der Waals surface area (Å²) in [7, 11) is 0. The molecule has 5 heteroatoms. The molecule has 2 aromatic rings. The Labute approximate surface area is 153 Å². The molecule has 1 aromatic heterocycles. The molecular formula is C21H25NO4. The third-order valence-corrected chi connectivity index (χ3v) is 5.30. The van der Waals surface area contributed by atoms with Crippen molar-refractivity contribution >= 4 is 0 Å². The van der Waals surface area contributed by atoms with Gasteiger partial charge in [-0.25, -0.2) is 0 Å². The fourth-order valence-corrected chi connectivity index (χ4v) is 3.88. The molecule has 1 aliphatic carbocycles. The number of aliphatic hydroxyl groups is 1. The molecule has 0 saturated heterocycles. The van der Waals surface area contributed by atoms with Gasteiger partial charge in [-0.3, -0.25) is 0 Å². The van der Waals surface area contributed by atoms with Crippen molar-refractivity contribution in [3.05, 3.63) is 53.0 Å². The minimum absolute atomic E-state index is 0.0108. The third-order valence-electron chi connectivity index (χ3n) is 5.30. The number of hydrogen-bond donors (Lipinski definition) is 3. The molecule has 0 saturated carbocycles. The molecule has 26 heavy (non-hydrogen) atoms. The van der Waals surface area contributed by atoms with Crippen LogP contribution in [0.25, 0.3) is 11.1 Å². The Kier molecular flexibility index (Phi) is 4.67. The standard InChI is InChI=1S/C21H25NO4/c1-10(2)15-9-17(23)11(3)6-16(15)21-18(24)7-14(8-19(21)25)20-12(4)22-26-13(20)5/h6-8,15-17,23-25H,1,9H2,2-5H3/t15-,16+,17-/m0/s1. The number of hydrogen-bond acceptors (Lipinski definition) is 5. The number of aromatic nitrogens is 1. The van der Waals surface area contributed by atoms with E-state index in [-0.39, 0.29) is 23.3 Å². The first-order chi connectivity index (χ1) is 12.2. The van der Waals surface area contributed by atoms with Crippen LogP contribution in [0.15, 0.2) is 40.5 Å². The number of phenolic OH excluding ortho intramolecular Hbond substituents is 2. The molecular weight excluding hydrogens is 330 g/mol. The summed E-state index contributed by atoms with van der Waals surface area (Å²) in [4.78, 5) is 0. The van der Waals surface area contributed by atoms with E-state index in [1.165, 1.54) is 0 Å². The first-order valence-electron chi connectivity index (χ1n) is 8.71. The van der Waals surface area contributed by atoms with E-state index in [2.05, 4.69) is 11.7 Å². The van der Waals surface area contributed by atoms with Gasteiger partial charge in [0.2, 0.25) is 0 Å². The van der Waals surface area contributed by atoms with Gasteiger partial charge in [-0.05, 0) is 63.3 Å². The van der Waals surface area contributed by atoms with Gasteiger partial charge in [-0.1, -0.05) is 23.4 Å². The van der Waals surface area contributed by atoms with Crippen LogP contribution in [-0.4, -0.2) is 26.6 Å². The second kappa shape index (κ2) is 6.65. The smallest absolute Gasteiger partial charge is 0.141 e. The number of aryl methyl sites for hydroxylation is 2. The largest absolute Gasteiger partial charge is 0.507 e. The zero-order valence-corrected chi connectivity index (χ0v) is 15.6. The SMILES string of the molecule is C=C(C)[C@@H]1C[C@H](O)C(C)=C[C@H]1c1c(O)cc(-c2c(C)noc2C)cc1O. The second-order valence-electron chi connectivity index (χ2n) is 7.27. The van der Waals surface area contributed by atoms with Crippen molar-refractivity contribution in [3.63, 3.8) is 0 Å². The van der Waals surface area contributed by atoms with Gasteiger partial charge in [0.1, 0.15) is 17.3 Å². The summed E-state index contributed by atoms with van der Waals surface area (Å²) < 4.78 is 5.19. The van der Waals surface area contributed by atoms with Gasteiger partial charge in [0, 0.05) is 17.0 Å². The van der Waals surface area contributed by atoms with Gasteiger partial charge in [-0.2, -0.15) is 0 Å². The molecule has 0 amide bonds. The molecule has 0 unspecified atom stereocenters. The summed E-state index contributed by atoms with van der Waals surface area (Å²) in [5.41, 5.74) is 4.32. The molecule has 0 bridgehead atoms. The van der Waals surface area contributed by atoms with E-state index in [0.29, 0.717) is 29.0 Å². The maximum absolute atomic E-state index is 10.7. The number of rotatable bonds is 3. The van der Waals surface area contributed by atoms with Crippen LogP contribution in [0.1, 0.15) is 43.2 Å². The summed E-state index contributed by atoms with van der Waals surface area (Å²) in [5, 5.41) is 35.6. The minimum Gasteiger partial charge on any atom is -0.507 e. The van der Waals surface area contributed by atoms with Crippen molar-refractivity contribution in [1.82, 2.24) is 5.16 Å². The van der Waals surface area contributed by atoms with Crippen LogP contribution in [0.3, 0.4) is 0 Å². The molecule has 0 radical (unpaired) electrons. The van der Waals surface area contributed by atoms with Crippen LogP contribution in [0.4, 0.5) is 0 Å². The molecule has 1 heterocycles. The van der Waals surface area contributed by atoms with Crippen LogP contribution in [0.2, 0.25) is 0 Å². The van der Waals surface area contributed by atoms with Gasteiger partial charge in [0.05, 0.1) is 11.8 Å². The lowest BCUT2D eigenvalue weighted by atomic mass is 9.72. The number of phenols is 2. The zero-order valence-electron chi connectivity index (χ0n) is 15.6. The number of aromatic hydroxyl groups is 2. The highest BCUT2D eigenvalue weighted by Crippen LogP contribution is 2.47. The van der Waals surface area contributed by atoms with Crippen LogP contribution >= 0.6 is 0 Å². The number of nitrogens with zero attached hydrogens (tertiary/aromatic N) is 1. The van der Waals surface area contributed by atoms with E-state index >= 15 is 0 Å². The summed E-state index contributed by atoms with van der Waals surface area (Å²) in [5.74, 6) is 0.351. The molecule has 3 rings (SSSR count). The van der Waals surface area contributed by atoms with Crippen molar-refractivity contribution in [2.24, 2.45) is 5.92 Å². The zero-order chi connectivity index (χ0) is 19.2. The topological polar surface area (TPSA) is 86.7 Å². The summed E-state index contributed by atoms with van der Waals surface area (Å²) in [6.45, 7) is 11.4. The van der Waals surface area contributed by atoms with Gasteiger partial charge in [0.15, 0.2) is 0 Å². The molecule has 1 aromatic carbocycles. The van der Waals surface area contributed by atoms with Gasteiger partial charge < -0.3 is 19.8 Å². The first kappa shape index (κ1) is 18.3. The molecule has 0 fully saturated rings. The van der Waals surface area contributed by atoms with Crippen LogP contribution in [-0.2, 0) is 0 Å². The minimum atomic E-state index is -0.529. The molecule has 5 nitrogen and oxygen atoms in total. The van der Waals surface area contributed by atoms with Crippen LogP contribution < -0.4 is 0 Å². The van der Waals surface area contributed by atoms with E-state index in [4.69, 9.17) is 4.52 Å². The Morgan fingerprint density at radius 1 is 1.19 bits per heavy atom. The van der Waals surface area contributed by atoms with Gasteiger partial charge >= 0.3 is 0 Å². The van der Waals surface area contributed by atoms with E-state index < -0.39 is 6.10 Å². The highest BCUT2D eigenvalue weighted by molar-refractivity contribution is 5.72. The van der Waals surface area contributed by atoms with Crippen molar-refractivity contribution < 1.29 is 19.8 Å². The lowest BCUT2D eigenvalue weighted by molar-refractivity contribution is 0.168. The normalized spacial score (nSPS) is 23.0. The molecule has 3 atom stereocenters. The predicted molar refractivity (Wildman–Crippen MR) is 100 cm³/mol. The fraction of sp³-hybridized carbons (Fsp3) is 0.381. The molecule has 1 aliphatic rings. The van der Waals surface area contributed by atoms with E-state index in [1.54, 1.807) is 19.1 Å². The lowest BCUT2D eigenvalue weighted by Gasteiger charge is -2.34. The lowest BCUT2D eigenvalue weighted by Crippen LogP contribution is -2.26. The summed E-state index contributed by atoms with van der Waals surface area (Å²) in [6, 6.07) is 3.26. The Morgan fingerprint density at radius 3 is 2.31 bits per heavy atom. The van der Waals surface area contributed by atoms with E-state index in [0.717, 1.165) is 16.7 Å². The Morgan fingerprint density at radius 2 is 1.81 bits per heavy atom. The number of benzene rings is 1. The van der Waals surface area contributed by atoms with Gasteiger partial charge in [-0.15, -0.1) is 0 Å². The van der Waals surface area contributed by atoms with Gasteiger partial charge in [0.25, 0.3) is 0 Å². The molecule has 138 valence electrons. The average molecular weight is 355 g/mol. The second-order valence-corrected chi connectivity index (χ2v) is 7.27. The monoisotopic (exact) mass is 355 g/mol.